The van der Waals surface area contributed by atoms with Crippen molar-refractivity contribution in [3.05, 3.63) is 39.7 Å². The molecule has 2 aromatic heterocycles. The van der Waals surface area contributed by atoms with E-state index in [1.165, 1.54) is 4.90 Å². The number of amides is 1. The van der Waals surface area contributed by atoms with Crippen LogP contribution >= 0.6 is 34.8 Å². The third kappa shape index (κ3) is 3.24. The van der Waals surface area contributed by atoms with E-state index in [2.05, 4.69) is 15.0 Å². The lowest BCUT2D eigenvalue weighted by Gasteiger charge is -2.34. The molecule has 0 atom stereocenters. The predicted octanol–water partition coefficient (Wildman–Crippen LogP) is 3.58. The number of para-hydroxylation sites is 1. The number of hydrogen-bond acceptors (Lipinski definition) is 5. The second-order valence-corrected chi connectivity index (χ2v) is 7.01. The minimum absolute atomic E-state index is 0.00134. The van der Waals surface area contributed by atoms with Crippen molar-refractivity contribution in [2.75, 3.05) is 31.1 Å². The predicted molar refractivity (Wildman–Crippen MR) is 104 cm³/mol. The van der Waals surface area contributed by atoms with Crippen LogP contribution in [-0.2, 0) is 0 Å². The molecule has 8 nitrogen and oxygen atoms in total. The van der Waals surface area contributed by atoms with Crippen LogP contribution in [0.5, 0.6) is 0 Å². The van der Waals surface area contributed by atoms with Gasteiger partial charge in [0.2, 0.25) is 11.2 Å². The zero-order chi connectivity index (χ0) is 19.1. The molecule has 1 fully saturated rings. The largest absolute Gasteiger partial charge is 0.465 e. The molecule has 11 heteroatoms. The van der Waals surface area contributed by atoms with Gasteiger partial charge < -0.3 is 14.9 Å². The Kier molecular flexibility index (Phi) is 4.71. The second-order valence-electron chi connectivity index (χ2n) is 5.91. The lowest BCUT2D eigenvalue weighted by atomic mass is 10.3. The van der Waals surface area contributed by atoms with E-state index < -0.39 is 6.09 Å². The fourth-order valence-electron chi connectivity index (χ4n) is 3.08. The van der Waals surface area contributed by atoms with E-state index in [0.717, 1.165) is 0 Å². The quantitative estimate of drug-likeness (QED) is 0.497. The molecule has 1 aliphatic rings. The van der Waals surface area contributed by atoms with Gasteiger partial charge in [-0.05, 0) is 23.7 Å². The van der Waals surface area contributed by atoms with Crippen LogP contribution < -0.4 is 4.90 Å². The number of rotatable bonds is 2. The summed E-state index contributed by atoms with van der Waals surface area (Å²) < 4.78 is 1.78. The number of carboxylic acid groups (broad SMARTS) is 1. The Balaban J connectivity index is 1.88. The van der Waals surface area contributed by atoms with Gasteiger partial charge in [0, 0.05) is 26.2 Å². The third-order valence-electron chi connectivity index (χ3n) is 4.35. The van der Waals surface area contributed by atoms with Crippen molar-refractivity contribution in [2.45, 2.75) is 0 Å². The summed E-state index contributed by atoms with van der Waals surface area (Å²) in [5, 5.41) is 9.83. The molecule has 1 aliphatic heterocycles. The molecule has 27 heavy (non-hydrogen) atoms. The molecule has 0 unspecified atom stereocenters. The first kappa shape index (κ1) is 18.1. The van der Waals surface area contributed by atoms with Crippen molar-refractivity contribution < 1.29 is 9.90 Å². The van der Waals surface area contributed by atoms with Crippen molar-refractivity contribution in [1.82, 2.24) is 24.4 Å². The molecular weight excluding hydrogens is 415 g/mol. The maximum Gasteiger partial charge on any atom is 0.407 e. The van der Waals surface area contributed by atoms with Gasteiger partial charge in [0.25, 0.3) is 0 Å². The standard InChI is InChI=1S/C16H13Cl3N6O2/c17-9-3-1-2-4-10(9)25-11-12(18)20-14(19)21-13(11)22-15(25)23-5-7-24(8-6-23)16(26)27/h1-4H,5-8H2,(H,26,27). The van der Waals surface area contributed by atoms with E-state index in [1.807, 2.05) is 23.1 Å². The van der Waals surface area contributed by atoms with E-state index >= 15 is 0 Å². The van der Waals surface area contributed by atoms with E-state index in [4.69, 9.17) is 39.9 Å². The fraction of sp³-hybridized carbons (Fsp3) is 0.250. The van der Waals surface area contributed by atoms with E-state index in [0.29, 0.717) is 54.0 Å². The Morgan fingerprint density at radius 3 is 2.37 bits per heavy atom. The molecule has 1 saturated heterocycles. The highest BCUT2D eigenvalue weighted by Gasteiger charge is 2.27. The van der Waals surface area contributed by atoms with E-state index in [1.54, 1.807) is 10.6 Å². The number of benzene rings is 1. The minimum Gasteiger partial charge on any atom is -0.465 e. The Morgan fingerprint density at radius 1 is 1.00 bits per heavy atom. The number of fused-ring (bicyclic) bond motifs is 1. The number of carbonyl (C=O) groups is 1. The summed E-state index contributed by atoms with van der Waals surface area (Å²) in [6.45, 7) is 1.67. The fourth-order valence-corrected chi connectivity index (χ4v) is 3.75. The van der Waals surface area contributed by atoms with Crippen LogP contribution in [0.25, 0.3) is 16.9 Å². The van der Waals surface area contributed by atoms with Gasteiger partial charge in [0.05, 0.1) is 10.7 Å². The van der Waals surface area contributed by atoms with E-state index in [9.17, 15) is 4.79 Å². The third-order valence-corrected chi connectivity index (χ3v) is 5.10. The molecule has 140 valence electrons. The summed E-state index contributed by atoms with van der Waals surface area (Å²) in [6.07, 6.45) is -0.935. The van der Waals surface area contributed by atoms with Crippen molar-refractivity contribution in [3.63, 3.8) is 0 Å². The molecule has 3 aromatic rings. The van der Waals surface area contributed by atoms with Gasteiger partial charge in [-0.25, -0.2) is 9.78 Å². The molecule has 0 spiro atoms. The zero-order valence-corrected chi connectivity index (χ0v) is 16.1. The molecule has 0 saturated carbocycles. The first-order chi connectivity index (χ1) is 13.0. The van der Waals surface area contributed by atoms with E-state index in [-0.39, 0.29) is 10.4 Å². The zero-order valence-electron chi connectivity index (χ0n) is 13.8. The molecule has 1 amide bonds. The molecule has 4 rings (SSSR count). The molecule has 0 radical (unpaired) electrons. The lowest BCUT2D eigenvalue weighted by molar-refractivity contribution is 0.142. The summed E-state index contributed by atoms with van der Waals surface area (Å²) in [4.78, 5) is 27.3. The number of nitrogens with zero attached hydrogens (tertiary/aromatic N) is 6. The van der Waals surface area contributed by atoms with Crippen molar-refractivity contribution in [1.29, 1.82) is 0 Å². The maximum absolute atomic E-state index is 11.2. The minimum atomic E-state index is -0.935. The number of imidazole rings is 1. The summed E-state index contributed by atoms with van der Waals surface area (Å²) in [7, 11) is 0. The van der Waals surface area contributed by atoms with Crippen molar-refractivity contribution >= 4 is 58.0 Å². The molecular formula is C16H13Cl3N6O2. The summed E-state index contributed by atoms with van der Waals surface area (Å²) in [6, 6.07) is 7.28. The first-order valence-electron chi connectivity index (χ1n) is 8.05. The topological polar surface area (TPSA) is 87.4 Å². The molecule has 0 aliphatic carbocycles. The Bertz CT molecular complexity index is 1030. The average molecular weight is 428 g/mol. The van der Waals surface area contributed by atoms with Gasteiger partial charge >= 0.3 is 6.09 Å². The van der Waals surface area contributed by atoms with Crippen LogP contribution in [0.15, 0.2) is 24.3 Å². The molecule has 0 bridgehead atoms. The van der Waals surface area contributed by atoms with Gasteiger partial charge in [-0.2, -0.15) is 9.97 Å². The number of halogens is 3. The van der Waals surface area contributed by atoms with Crippen LogP contribution in [-0.4, -0.2) is 61.8 Å². The van der Waals surface area contributed by atoms with Crippen LogP contribution in [0.2, 0.25) is 15.5 Å². The Morgan fingerprint density at radius 2 is 1.70 bits per heavy atom. The van der Waals surface area contributed by atoms with Gasteiger partial charge in [0.1, 0.15) is 5.52 Å². The van der Waals surface area contributed by atoms with Gasteiger partial charge in [0.15, 0.2) is 10.8 Å². The monoisotopic (exact) mass is 426 g/mol. The highest BCUT2D eigenvalue weighted by Crippen LogP contribution is 2.34. The average Bonchev–Trinajstić information content (AvgIpc) is 3.01. The first-order valence-corrected chi connectivity index (χ1v) is 9.18. The molecule has 3 heterocycles. The maximum atomic E-state index is 11.2. The van der Waals surface area contributed by atoms with Crippen LogP contribution in [0.3, 0.4) is 0 Å². The number of anilines is 1. The molecule has 1 N–H and O–H groups in total. The summed E-state index contributed by atoms with van der Waals surface area (Å²) >= 11 is 18.7. The Hall–Kier alpha value is -2.29. The highest BCUT2D eigenvalue weighted by molar-refractivity contribution is 6.36. The highest BCUT2D eigenvalue weighted by atomic mass is 35.5. The summed E-state index contributed by atoms with van der Waals surface area (Å²) in [5.74, 6) is 0.557. The normalized spacial score (nSPS) is 14.8. The molecule has 1 aromatic carbocycles. The van der Waals surface area contributed by atoms with Crippen LogP contribution in [0.1, 0.15) is 0 Å². The van der Waals surface area contributed by atoms with Gasteiger partial charge in [-0.15, -0.1) is 0 Å². The number of aromatic nitrogens is 4. The second kappa shape index (κ2) is 7.03. The van der Waals surface area contributed by atoms with Crippen molar-refractivity contribution in [3.8, 4) is 5.69 Å². The van der Waals surface area contributed by atoms with Gasteiger partial charge in [-0.1, -0.05) is 35.3 Å². The Labute approximate surface area is 168 Å². The number of hydrogen-bond donors (Lipinski definition) is 1. The lowest BCUT2D eigenvalue weighted by Crippen LogP contribution is -2.49. The van der Waals surface area contributed by atoms with Gasteiger partial charge in [-0.3, -0.25) is 4.57 Å². The number of piperazine rings is 1. The summed E-state index contributed by atoms with van der Waals surface area (Å²) in [5.41, 5.74) is 1.51. The van der Waals surface area contributed by atoms with Crippen LogP contribution in [0, 0.1) is 0 Å². The van der Waals surface area contributed by atoms with Crippen LogP contribution in [0.4, 0.5) is 10.7 Å². The SMILES string of the molecule is O=C(O)N1CCN(c2nc3nc(Cl)nc(Cl)c3n2-c2ccccc2Cl)CC1. The van der Waals surface area contributed by atoms with Crippen molar-refractivity contribution in [2.24, 2.45) is 0 Å². The smallest absolute Gasteiger partial charge is 0.407 e.